The fourth-order valence-electron chi connectivity index (χ4n) is 1.67. The van der Waals surface area contributed by atoms with E-state index >= 15 is 0 Å². The van der Waals surface area contributed by atoms with Gasteiger partial charge < -0.3 is 34.8 Å². The molecular weight excluding hydrogens is 240 g/mol. The average molecular weight is 246 g/mol. The maximum Gasteiger partial charge on any atom is 0.333 e. The Balaban J connectivity index is 3.17. The minimum atomic E-state index is -2.14. The van der Waals surface area contributed by atoms with Crippen LogP contribution < -0.4 is 10.2 Å². The maximum atomic E-state index is 10.7. The Hall–Kier alpha value is -2.16. The molecule has 4 unspecified atom stereocenters. The third kappa shape index (κ3) is 2.18. The number of hydrogen-bond acceptors (Lipinski definition) is 7. The second-order valence-corrected chi connectivity index (χ2v) is 3.34. The molecule has 0 aromatic rings. The minimum absolute atomic E-state index is 1.78. The lowest BCUT2D eigenvalue weighted by atomic mass is 9.87. The van der Waals surface area contributed by atoms with Crippen LogP contribution in [0.1, 0.15) is 0 Å². The fraction of sp³-hybridized carbons (Fsp3) is 0.500. The highest BCUT2D eigenvalue weighted by molar-refractivity contribution is 5.91. The molecule has 1 aliphatic rings. The van der Waals surface area contributed by atoms with Crippen molar-refractivity contribution in [3.05, 3.63) is 0 Å². The van der Waals surface area contributed by atoms with Crippen LogP contribution in [0.4, 0.5) is 0 Å². The smallest absolute Gasteiger partial charge is 0.333 e. The highest BCUT2D eigenvalue weighted by atomic mass is 16.6. The van der Waals surface area contributed by atoms with Crippen molar-refractivity contribution in [1.82, 2.24) is 0 Å². The van der Waals surface area contributed by atoms with E-state index in [0.29, 0.717) is 0 Å². The van der Waals surface area contributed by atoms with E-state index in [1.54, 1.807) is 0 Å². The zero-order chi connectivity index (χ0) is 13.3. The molecule has 1 saturated heterocycles. The van der Waals surface area contributed by atoms with E-state index in [-0.39, 0.29) is 0 Å². The van der Waals surface area contributed by atoms with Crippen LogP contribution in [0.25, 0.3) is 0 Å². The quantitative estimate of drug-likeness (QED) is 0.498. The molecule has 1 aliphatic heterocycles. The van der Waals surface area contributed by atoms with E-state index in [2.05, 4.69) is 4.74 Å². The van der Waals surface area contributed by atoms with Crippen LogP contribution in [-0.2, 0) is 23.9 Å². The summed E-state index contributed by atoms with van der Waals surface area (Å²) in [5.41, 5.74) is 0. The second kappa shape index (κ2) is 4.37. The molecule has 17 heavy (non-hydrogen) atoms. The molecule has 9 nitrogen and oxygen atoms in total. The number of rotatable bonds is 4. The van der Waals surface area contributed by atoms with Crippen molar-refractivity contribution >= 4 is 23.9 Å². The van der Waals surface area contributed by atoms with Crippen molar-refractivity contribution in [1.29, 1.82) is 0 Å². The summed E-state index contributed by atoms with van der Waals surface area (Å²) in [5.74, 6) is -11.7. The van der Waals surface area contributed by atoms with Gasteiger partial charge in [-0.25, -0.2) is 4.79 Å². The molecule has 4 atom stereocenters. The molecule has 0 amide bonds. The van der Waals surface area contributed by atoms with Crippen molar-refractivity contribution in [2.75, 3.05) is 0 Å². The first-order valence-electron chi connectivity index (χ1n) is 4.30. The first-order chi connectivity index (χ1) is 7.77. The molecule has 1 fully saturated rings. The number of carboxylic acid groups (broad SMARTS) is 4. The topological polar surface area (TPSA) is 164 Å². The number of carboxylic acids is 4. The summed E-state index contributed by atoms with van der Waals surface area (Å²) < 4.78 is 4.37. The first-order valence-corrected chi connectivity index (χ1v) is 4.30. The van der Waals surface area contributed by atoms with Crippen LogP contribution >= 0.6 is 0 Å². The van der Waals surface area contributed by atoms with E-state index in [1.807, 2.05) is 0 Å². The summed E-state index contributed by atoms with van der Waals surface area (Å²) >= 11 is 0. The van der Waals surface area contributed by atoms with Gasteiger partial charge in [0.25, 0.3) is 0 Å². The Morgan fingerprint density at radius 3 is 1.65 bits per heavy atom. The van der Waals surface area contributed by atoms with Gasteiger partial charge in [0.15, 0.2) is 6.10 Å². The lowest BCUT2D eigenvalue weighted by Crippen LogP contribution is -2.47. The Bertz CT molecular complexity index is 350. The molecule has 0 aromatic heterocycles. The number of carbonyl (C=O) groups excluding carboxylic acids is 2. The molecule has 0 saturated carbocycles. The summed E-state index contributed by atoms with van der Waals surface area (Å²) in [5, 5.41) is 38.5. The third-order valence-electron chi connectivity index (χ3n) is 2.37. The molecule has 0 aliphatic carbocycles. The van der Waals surface area contributed by atoms with Gasteiger partial charge in [-0.15, -0.1) is 0 Å². The van der Waals surface area contributed by atoms with Crippen LogP contribution in [0.2, 0.25) is 0 Å². The number of carbonyl (C=O) groups is 4. The van der Waals surface area contributed by atoms with E-state index in [1.165, 1.54) is 0 Å². The van der Waals surface area contributed by atoms with Crippen LogP contribution in [-0.4, -0.2) is 46.3 Å². The van der Waals surface area contributed by atoms with Gasteiger partial charge in [0.2, 0.25) is 0 Å². The Morgan fingerprint density at radius 1 is 0.824 bits per heavy atom. The molecular formula is C8H6O9-2. The van der Waals surface area contributed by atoms with Crippen molar-refractivity contribution < 1.29 is 44.3 Å². The highest BCUT2D eigenvalue weighted by Crippen LogP contribution is 2.33. The minimum Gasteiger partial charge on any atom is -0.550 e. The van der Waals surface area contributed by atoms with Gasteiger partial charge >= 0.3 is 11.9 Å². The van der Waals surface area contributed by atoms with Crippen LogP contribution in [0, 0.1) is 11.8 Å². The lowest BCUT2D eigenvalue weighted by Gasteiger charge is -2.20. The Kier molecular flexibility index (Phi) is 3.32. The number of aliphatic carboxylic acids is 4. The van der Waals surface area contributed by atoms with Crippen molar-refractivity contribution in [2.45, 2.75) is 12.2 Å². The van der Waals surface area contributed by atoms with E-state index in [9.17, 15) is 29.4 Å². The molecule has 0 aromatic carbocycles. The molecule has 0 bridgehead atoms. The summed E-state index contributed by atoms with van der Waals surface area (Å²) in [4.78, 5) is 42.6. The van der Waals surface area contributed by atoms with Gasteiger partial charge in [-0.2, -0.15) is 0 Å². The zero-order valence-electron chi connectivity index (χ0n) is 8.06. The van der Waals surface area contributed by atoms with E-state index < -0.39 is 47.9 Å². The normalized spacial score (nSPS) is 32.0. The summed E-state index contributed by atoms with van der Waals surface area (Å²) in [6.07, 6.45) is -4.24. The molecule has 0 spiro atoms. The molecule has 9 heteroatoms. The summed E-state index contributed by atoms with van der Waals surface area (Å²) in [6.45, 7) is 0. The molecule has 1 rings (SSSR count). The predicted molar refractivity (Wildman–Crippen MR) is 40.9 cm³/mol. The molecule has 2 N–H and O–H groups in total. The predicted octanol–water partition coefficient (Wildman–Crippen LogP) is -4.34. The van der Waals surface area contributed by atoms with Crippen LogP contribution in [0.5, 0.6) is 0 Å². The number of hydrogen-bond donors (Lipinski definition) is 2. The van der Waals surface area contributed by atoms with Crippen molar-refractivity contribution in [3.63, 3.8) is 0 Å². The zero-order valence-corrected chi connectivity index (χ0v) is 8.06. The van der Waals surface area contributed by atoms with Gasteiger partial charge in [-0.3, -0.25) is 4.79 Å². The molecule has 1 heterocycles. The van der Waals surface area contributed by atoms with Gasteiger partial charge in [0.05, 0.1) is 17.8 Å². The maximum absolute atomic E-state index is 10.7. The van der Waals surface area contributed by atoms with Gasteiger partial charge in [0, 0.05) is 5.97 Å². The first kappa shape index (κ1) is 12.9. The van der Waals surface area contributed by atoms with Crippen LogP contribution in [0.3, 0.4) is 0 Å². The highest BCUT2D eigenvalue weighted by Gasteiger charge is 2.52. The van der Waals surface area contributed by atoms with Crippen LogP contribution in [0.15, 0.2) is 0 Å². The monoisotopic (exact) mass is 246 g/mol. The van der Waals surface area contributed by atoms with Crippen molar-refractivity contribution in [3.8, 4) is 0 Å². The Labute approximate surface area is 93.2 Å². The third-order valence-corrected chi connectivity index (χ3v) is 2.37. The average Bonchev–Trinajstić information content (AvgIpc) is 2.56. The Morgan fingerprint density at radius 2 is 1.35 bits per heavy atom. The largest absolute Gasteiger partial charge is 0.550 e. The summed E-state index contributed by atoms with van der Waals surface area (Å²) in [7, 11) is 0. The molecule has 0 radical (unpaired) electrons. The van der Waals surface area contributed by atoms with Gasteiger partial charge in [-0.05, 0) is 0 Å². The standard InChI is InChI=1S/C8H8O9/c9-5(10)1-2(6(11)12)4(8(15)16)17-3(1)7(13)14/h1-4H,(H,9,10)(H,11,12)(H,13,14)(H,15,16)/p-2. The van der Waals surface area contributed by atoms with Gasteiger partial charge in [0.1, 0.15) is 6.10 Å². The SMILES string of the molecule is O=C([O-])C1OC(C(=O)O)C(C(=O)[O-])C1C(=O)O. The van der Waals surface area contributed by atoms with Crippen molar-refractivity contribution in [2.24, 2.45) is 11.8 Å². The van der Waals surface area contributed by atoms with E-state index in [0.717, 1.165) is 0 Å². The fourth-order valence-corrected chi connectivity index (χ4v) is 1.67. The lowest BCUT2D eigenvalue weighted by molar-refractivity contribution is -0.317. The second-order valence-electron chi connectivity index (χ2n) is 3.34. The van der Waals surface area contributed by atoms with Gasteiger partial charge in [-0.1, -0.05) is 0 Å². The molecule has 94 valence electrons. The number of ether oxygens (including phenoxy) is 1. The summed E-state index contributed by atoms with van der Waals surface area (Å²) in [6, 6.07) is 0. The van der Waals surface area contributed by atoms with E-state index in [4.69, 9.17) is 10.2 Å².